The molecular formula is C16H16ClNO2S. The second-order valence-electron chi connectivity index (χ2n) is 5.29. The molecule has 3 atom stereocenters. The van der Waals surface area contributed by atoms with Crippen molar-refractivity contribution in [1.29, 1.82) is 0 Å². The molecule has 2 aromatic rings. The molecule has 1 amide bonds. The predicted octanol–water partition coefficient (Wildman–Crippen LogP) is 3.35. The molecule has 0 bridgehead atoms. The van der Waals surface area contributed by atoms with E-state index in [1.165, 1.54) is 11.3 Å². The quantitative estimate of drug-likeness (QED) is 0.887. The van der Waals surface area contributed by atoms with Gasteiger partial charge in [-0.3, -0.25) is 4.79 Å². The number of carbonyl (C=O) groups excluding carboxylic acids is 1. The fourth-order valence-electron chi connectivity index (χ4n) is 2.52. The van der Waals surface area contributed by atoms with E-state index in [0.717, 1.165) is 22.6 Å². The van der Waals surface area contributed by atoms with Crippen molar-refractivity contribution in [2.45, 2.75) is 18.4 Å². The molecular weight excluding hydrogens is 306 g/mol. The summed E-state index contributed by atoms with van der Waals surface area (Å²) in [4.78, 5) is 12.1. The molecule has 0 saturated heterocycles. The summed E-state index contributed by atoms with van der Waals surface area (Å²) in [6.07, 6.45) is 0.183. The van der Waals surface area contributed by atoms with Crippen molar-refractivity contribution in [3.8, 4) is 0 Å². The van der Waals surface area contributed by atoms with Crippen molar-refractivity contribution in [1.82, 2.24) is 5.32 Å². The van der Waals surface area contributed by atoms with Crippen LogP contribution in [-0.2, 0) is 4.79 Å². The third kappa shape index (κ3) is 3.28. The summed E-state index contributed by atoms with van der Waals surface area (Å²) in [6.45, 7) is 0.251. The lowest BCUT2D eigenvalue weighted by Crippen LogP contribution is -2.29. The molecule has 0 radical (unpaired) electrons. The van der Waals surface area contributed by atoms with Gasteiger partial charge in [-0.1, -0.05) is 29.8 Å². The van der Waals surface area contributed by atoms with E-state index in [1.807, 2.05) is 41.1 Å². The molecule has 110 valence electrons. The average molecular weight is 322 g/mol. The maximum atomic E-state index is 12.1. The Labute approximate surface area is 132 Å². The van der Waals surface area contributed by atoms with Crippen LogP contribution in [0.1, 0.15) is 29.6 Å². The zero-order valence-electron chi connectivity index (χ0n) is 11.3. The normalized spacial score (nSPS) is 21.8. The van der Waals surface area contributed by atoms with E-state index in [9.17, 15) is 9.90 Å². The topological polar surface area (TPSA) is 49.3 Å². The SMILES string of the molecule is O=C(NCC(O)c1ccsc1)C1CC1c1ccccc1Cl. The highest BCUT2D eigenvalue weighted by Gasteiger charge is 2.44. The number of thiophene rings is 1. The number of carbonyl (C=O) groups is 1. The molecule has 21 heavy (non-hydrogen) atoms. The maximum absolute atomic E-state index is 12.1. The summed E-state index contributed by atoms with van der Waals surface area (Å²) < 4.78 is 0. The van der Waals surface area contributed by atoms with E-state index in [1.54, 1.807) is 0 Å². The van der Waals surface area contributed by atoms with E-state index >= 15 is 0 Å². The summed E-state index contributed by atoms with van der Waals surface area (Å²) in [7, 11) is 0. The zero-order chi connectivity index (χ0) is 14.8. The standard InChI is InChI=1S/C16H16ClNO2S/c17-14-4-2-1-3-11(14)12-7-13(12)16(20)18-8-15(19)10-5-6-21-9-10/h1-6,9,12-13,15,19H,7-8H2,(H,18,20). The number of rotatable bonds is 5. The Kier molecular flexibility index (Phi) is 4.29. The van der Waals surface area contributed by atoms with Crippen LogP contribution in [0.15, 0.2) is 41.1 Å². The molecule has 1 fully saturated rings. The lowest BCUT2D eigenvalue weighted by atomic mass is 10.1. The highest BCUT2D eigenvalue weighted by Crippen LogP contribution is 2.49. The van der Waals surface area contributed by atoms with Gasteiger partial charge < -0.3 is 10.4 Å². The number of aliphatic hydroxyl groups is 1. The van der Waals surface area contributed by atoms with Gasteiger partial charge in [0.1, 0.15) is 0 Å². The number of aliphatic hydroxyl groups excluding tert-OH is 1. The first-order valence-corrected chi connectivity index (χ1v) is 8.21. The van der Waals surface area contributed by atoms with Gasteiger partial charge in [0.05, 0.1) is 6.10 Å². The van der Waals surface area contributed by atoms with Crippen LogP contribution in [-0.4, -0.2) is 17.6 Å². The smallest absolute Gasteiger partial charge is 0.223 e. The van der Waals surface area contributed by atoms with Crippen molar-refractivity contribution in [2.24, 2.45) is 5.92 Å². The summed E-state index contributed by atoms with van der Waals surface area (Å²) >= 11 is 7.69. The van der Waals surface area contributed by atoms with E-state index in [2.05, 4.69) is 5.32 Å². The largest absolute Gasteiger partial charge is 0.387 e. The molecule has 1 aromatic carbocycles. The Morgan fingerprint density at radius 1 is 1.43 bits per heavy atom. The Hall–Kier alpha value is -1.36. The monoisotopic (exact) mass is 321 g/mol. The highest BCUT2D eigenvalue weighted by atomic mass is 35.5. The van der Waals surface area contributed by atoms with Gasteiger partial charge in [-0.15, -0.1) is 0 Å². The first-order valence-electron chi connectivity index (χ1n) is 6.89. The molecule has 3 unspecified atom stereocenters. The molecule has 2 N–H and O–H groups in total. The number of amides is 1. The second kappa shape index (κ2) is 6.18. The van der Waals surface area contributed by atoms with Crippen LogP contribution in [0.4, 0.5) is 0 Å². The van der Waals surface area contributed by atoms with Crippen LogP contribution in [0.25, 0.3) is 0 Å². The van der Waals surface area contributed by atoms with E-state index in [4.69, 9.17) is 11.6 Å². The van der Waals surface area contributed by atoms with Gasteiger partial charge in [0, 0.05) is 17.5 Å². The van der Waals surface area contributed by atoms with E-state index in [0.29, 0.717) is 0 Å². The van der Waals surface area contributed by atoms with Crippen molar-refractivity contribution in [3.63, 3.8) is 0 Å². The van der Waals surface area contributed by atoms with Gasteiger partial charge >= 0.3 is 0 Å². The minimum atomic E-state index is -0.641. The minimum Gasteiger partial charge on any atom is -0.387 e. The highest BCUT2D eigenvalue weighted by molar-refractivity contribution is 7.07. The summed E-state index contributed by atoms with van der Waals surface area (Å²) in [5.41, 5.74) is 1.89. The van der Waals surface area contributed by atoms with Gasteiger partial charge in [0.25, 0.3) is 0 Å². The lowest BCUT2D eigenvalue weighted by molar-refractivity contribution is -0.122. The third-order valence-corrected chi connectivity index (χ3v) is 4.88. The Balaban J connectivity index is 1.53. The number of benzene rings is 1. The fourth-order valence-corrected chi connectivity index (χ4v) is 3.50. The van der Waals surface area contributed by atoms with E-state index in [-0.39, 0.29) is 24.3 Å². The molecule has 1 aliphatic carbocycles. The molecule has 1 aromatic heterocycles. The second-order valence-corrected chi connectivity index (χ2v) is 6.48. The molecule has 3 nitrogen and oxygen atoms in total. The van der Waals surface area contributed by atoms with E-state index < -0.39 is 6.10 Å². The van der Waals surface area contributed by atoms with Crippen LogP contribution < -0.4 is 5.32 Å². The van der Waals surface area contributed by atoms with Crippen molar-refractivity contribution in [3.05, 3.63) is 57.2 Å². The molecule has 1 saturated carbocycles. The van der Waals surface area contributed by atoms with Crippen molar-refractivity contribution >= 4 is 28.8 Å². The number of halogens is 1. The molecule has 1 heterocycles. The van der Waals surface area contributed by atoms with Crippen LogP contribution in [0.3, 0.4) is 0 Å². The van der Waals surface area contributed by atoms with Gasteiger partial charge in [0.15, 0.2) is 0 Å². The van der Waals surface area contributed by atoms with Gasteiger partial charge in [-0.25, -0.2) is 0 Å². The maximum Gasteiger partial charge on any atom is 0.223 e. The lowest BCUT2D eigenvalue weighted by Gasteiger charge is -2.10. The zero-order valence-corrected chi connectivity index (χ0v) is 12.9. The molecule has 0 spiro atoms. The average Bonchev–Trinajstić information content (AvgIpc) is 3.08. The Bertz CT molecular complexity index is 629. The fraction of sp³-hybridized carbons (Fsp3) is 0.312. The summed E-state index contributed by atoms with van der Waals surface area (Å²) in [5.74, 6) is 0.172. The van der Waals surface area contributed by atoms with Gasteiger partial charge in [-0.05, 0) is 46.4 Å². The van der Waals surface area contributed by atoms with Crippen LogP contribution in [0.5, 0.6) is 0 Å². The molecule has 5 heteroatoms. The Morgan fingerprint density at radius 2 is 2.24 bits per heavy atom. The molecule has 3 rings (SSSR count). The third-order valence-electron chi connectivity index (χ3n) is 3.83. The summed E-state index contributed by atoms with van der Waals surface area (Å²) in [5, 5.41) is 17.3. The molecule has 0 aliphatic heterocycles. The predicted molar refractivity (Wildman–Crippen MR) is 84.6 cm³/mol. The first-order chi connectivity index (χ1) is 10.2. The first kappa shape index (κ1) is 14.6. The number of hydrogen-bond acceptors (Lipinski definition) is 3. The number of hydrogen-bond donors (Lipinski definition) is 2. The Morgan fingerprint density at radius 3 is 2.95 bits per heavy atom. The van der Waals surface area contributed by atoms with Crippen LogP contribution in [0, 0.1) is 5.92 Å². The summed E-state index contributed by atoms with van der Waals surface area (Å²) in [6, 6.07) is 9.52. The van der Waals surface area contributed by atoms with Crippen molar-refractivity contribution in [2.75, 3.05) is 6.54 Å². The van der Waals surface area contributed by atoms with Gasteiger partial charge in [-0.2, -0.15) is 11.3 Å². The van der Waals surface area contributed by atoms with Gasteiger partial charge in [0.2, 0.25) is 5.91 Å². The van der Waals surface area contributed by atoms with Crippen LogP contribution in [0.2, 0.25) is 5.02 Å². The van der Waals surface area contributed by atoms with Crippen molar-refractivity contribution < 1.29 is 9.90 Å². The molecule has 1 aliphatic rings. The van der Waals surface area contributed by atoms with Crippen LogP contribution >= 0.6 is 22.9 Å². The number of nitrogens with one attached hydrogen (secondary N) is 1. The minimum absolute atomic E-state index is 0.00537.